The van der Waals surface area contributed by atoms with Crippen LogP contribution >= 0.6 is 7.82 Å². The minimum atomic E-state index is -4.50. The zero-order valence-corrected chi connectivity index (χ0v) is 19.0. The molecule has 0 aromatic rings. The molecule has 32 heavy (non-hydrogen) atoms. The number of aliphatic hydroxyl groups excluding tert-OH is 2. The van der Waals surface area contributed by atoms with Crippen LogP contribution in [0.3, 0.4) is 0 Å². The van der Waals surface area contributed by atoms with E-state index in [0.717, 1.165) is 44.9 Å². The molecule has 0 radical (unpaired) electrons. The lowest BCUT2D eigenvalue weighted by molar-refractivity contribution is -0.147. The first-order valence-corrected chi connectivity index (χ1v) is 12.6. The van der Waals surface area contributed by atoms with Crippen LogP contribution in [-0.4, -0.2) is 85.5 Å². The minimum Gasteiger partial charge on any atom is -0.394 e. The second kappa shape index (κ2) is 10.0. The molecule has 1 amide bonds. The number of amides is 1. The van der Waals surface area contributed by atoms with Crippen molar-refractivity contribution in [3.8, 4) is 6.07 Å². The number of phosphoric acid groups is 1. The molecule has 4 bridgehead atoms. The van der Waals surface area contributed by atoms with Crippen molar-refractivity contribution in [1.82, 2.24) is 10.2 Å². The number of likely N-dealkylation sites (tertiary alicyclic amines) is 1. The molecule has 182 valence electrons. The monoisotopic (exact) mass is 475 g/mol. The highest BCUT2D eigenvalue weighted by Gasteiger charge is 2.57. The minimum absolute atomic E-state index is 0.0453. The normalized spacial score (nSPS) is 36.4. The van der Waals surface area contributed by atoms with Crippen molar-refractivity contribution in [3.63, 3.8) is 0 Å². The Labute approximate surface area is 187 Å². The van der Waals surface area contributed by atoms with Gasteiger partial charge in [-0.1, -0.05) is 0 Å². The number of aliphatic hydroxyl groups is 3. The Kier molecular flexibility index (Phi) is 8.01. The highest BCUT2D eigenvalue weighted by molar-refractivity contribution is 7.46. The maximum Gasteiger partial charge on any atom is 0.469 e. The molecule has 0 spiro atoms. The number of rotatable bonds is 7. The molecule has 5 aliphatic rings. The van der Waals surface area contributed by atoms with Gasteiger partial charge in [0, 0.05) is 12.1 Å². The molecule has 6 N–H and O–H groups in total. The van der Waals surface area contributed by atoms with Gasteiger partial charge in [0.15, 0.2) is 0 Å². The van der Waals surface area contributed by atoms with E-state index >= 15 is 0 Å². The average Bonchev–Trinajstić information content (AvgIpc) is 3.17. The number of nitrogens with one attached hydrogen (secondary N) is 1. The summed E-state index contributed by atoms with van der Waals surface area (Å²) in [5.41, 5.74) is -0.542. The van der Waals surface area contributed by atoms with Crippen molar-refractivity contribution in [2.75, 3.05) is 26.3 Å². The van der Waals surface area contributed by atoms with Gasteiger partial charge < -0.3 is 35.3 Å². The fraction of sp³-hybridized carbons (Fsp3) is 0.900. The number of hydrogen-bond donors (Lipinski definition) is 6. The van der Waals surface area contributed by atoms with Gasteiger partial charge in [-0.25, -0.2) is 4.57 Å². The molecule has 5 rings (SSSR count). The van der Waals surface area contributed by atoms with E-state index < -0.39 is 32.7 Å². The Balaban J connectivity index is 0.000000247. The Bertz CT molecular complexity index is 754. The summed E-state index contributed by atoms with van der Waals surface area (Å²) in [6.07, 6.45) is 6.63. The lowest BCUT2D eigenvalue weighted by Gasteiger charge is -2.60. The van der Waals surface area contributed by atoms with Gasteiger partial charge in [0.05, 0.1) is 31.4 Å². The molecule has 4 atom stereocenters. The molecule has 1 saturated heterocycles. The number of hydrogen-bond acceptors (Lipinski definition) is 8. The third-order valence-electron chi connectivity index (χ3n) is 7.01. The zero-order chi connectivity index (χ0) is 23.6. The van der Waals surface area contributed by atoms with Crippen LogP contribution in [0.1, 0.15) is 51.4 Å². The molecule has 4 aliphatic carbocycles. The summed E-state index contributed by atoms with van der Waals surface area (Å²) in [5, 5.41) is 40.0. The second-order valence-corrected chi connectivity index (χ2v) is 11.1. The van der Waals surface area contributed by atoms with Crippen molar-refractivity contribution >= 4 is 13.7 Å². The summed E-state index contributed by atoms with van der Waals surface area (Å²) in [6.45, 7) is -0.130. The summed E-state index contributed by atoms with van der Waals surface area (Å²) in [5.74, 6) is 1.28. The molecular formula is C20H34N3O8P. The maximum absolute atomic E-state index is 12.4. The van der Waals surface area contributed by atoms with E-state index in [1.807, 2.05) is 0 Å². The summed E-state index contributed by atoms with van der Waals surface area (Å²) in [7, 11) is -4.50. The van der Waals surface area contributed by atoms with Gasteiger partial charge in [-0.3, -0.25) is 9.32 Å². The Morgan fingerprint density at radius 3 is 2.47 bits per heavy atom. The SMILES string of the molecule is N#C[C@@H]1CCCN1C(=O)CNC12CC3CC(CC(O)(C3)C1)C2.O=P(O)(O)OCC(O)CO. The van der Waals surface area contributed by atoms with Crippen LogP contribution in [0.2, 0.25) is 0 Å². The van der Waals surface area contributed by atoms with Crippen LogP contribution in [0.4, 0.5) is 0 Å². The van der Waals surface area contributed by atoms with Crippen LogP contribution in [0.15, 0.2) is 0 Å². The van der Waals surface area contributed by atoms with Crippen LogP contribution in [0.5, 0.6) is 0 Å². The fourth-order valence-corrected chi connectivity index (χ4v) is 6.59. The first-order valence-electron chi connectivity index (χ1n) is 11.1. The number of nitrogens with zero attached hydrogens (tertiary/aromatic N) is 2. The van der Waals surface area contributed by atoms with Crippen molar-refractivity contribution in [1.29, 1.82) is 5.26 Å². The van der Waals surface area contributed by atoms with Crippen LogP contribution in [0, 0.1) is 23.2 Å². The van der Waals surface area contributed by atoms with E-state index in [1.165, 1.54) is 6.42 Å². The van der Waals surface area contributed by atoms with Crippen LogP contribution in [-0.2, 0) is 13.9 Å². The lowest BCUT2D eigenvalue weighted by Crippen LogP contribution is -2.65. The van der Waals surface area contributed by atoms with Crippen molar-refractivity contribution in [2.24, 2.45) is 11.8 Å². The van der Waals surface area contributed by atoms with Crippen molar-refractivity contribution in [2.45, 2.75) is 74.7 Å². The van der Waals surface area contributed by atoms with Gasteiger partial charge in [0.1, 0.15) is 12.1 Å². The average molecular weight is 475 g/mol. The van der Waals surface area contributed by atoms with Crippen molar-refractivity contribution < 1.29 is 39.0 Å². The van der Waals surface area contributed by atoms with Crippen molar-refractivity contribution in [3.05, 3.63) is 0 Å². The van der Waals surface area contributed by atoms with Gasteiger partial charge in [0.2, 0.25) is 5.91 Å². The smallest absolute Gasteiger partial charge is 0.394 e. The first-order chi connectivity index (χ1) is 15.0. The maximum atomic E-state index is 12.4. The standard InChI is InChI=1S/C17H25N3O2.C3H9O6P/c18-9-14-2-1-3-20(14)15(21)10-19-16-5-12-4-13(6-16)8-17(22,7-12)11-16;4-1-3(5)2-9-10(6,7)8/h12-14,19,22H,1-8,10-11H2;3-5H,1-2H2,(H2,6,7,8)/t12?,13?,14-,16?,17?;/m0./s1. The first kappa shape index (κ1) is 25.5. The third kappa shape index (κ3) is 6.49. The number of carbonyl (C=O) groups excluding carboxylic acids is 1. The highest BCUT2D eigenvalue weighted by atomic mass is 31.2. The van der Waals surface area contributed by atoms with Gasteiger partial charge >= 0.3 is 7.82 Å². The topological polar surface area (TPSA) is 184 Å². The molecule has 1 aliphatic heterocycles. The molecule has 1 heterocycles. The molecule has 0 aromatic heterocycles. The molecule has 4 saturated carbocycles. The Morgan fingerprint density at radius 2 is 1.94 bits per heavy atom. The summed E-state index contributed by atoms with van der Waals surface area (Å²) in [4.78, 5) is 30.3. The largest absolute Gasteiger partial charge is 0.469 e. The lowest BCUT2D eigenvalue weighted by atomic mass is 9.51. The number of carbonyl (C=O) groups is 1. The van der Waals surface area contributed by atoms with Gasteiger partial charge in [0.25, 0.3) is 0 Å². The van der Waals surface area contributed by atoms with Crippen LogP contribution < -0.4 is 5.32 Å². The summed E-state index contributed by atoms with van der Waals surface area (Å²) in [6, 6.07) is 1.99. The summed E-state index contributed by atoms with van der Waals surface area (Å²) < 4.78 is 13.8. The Morgan fingerprint density at radius 1 is 1.28 bits per heavy atom. The fourth-order valence-electron chi connectivity index (χ4n) is 6.22. The third-order valence-corrected chi connectivity index (χ3v) is 7.50. The highest BCUT2D eigenvalue weighted by Crippen LogP contribution is 2.57. The molecule has 3 unspecified atom stereocenters. The zero-order valence-electron chi connectivity index (χ0n) is 18.1. The van der Waals surface area contributed by atoms with Crippen LogP contribution in [0.25, 0.3) is 0 Å². The second-order valence-electron chi connectivity index (χ2n) is 9.82. The molecule has 5 fully saturated rings. The van der Waals surface area contributed by atoms with E-state index in [-0.39, 0.29) is 17.5 Å². The molecule has 11 nitrogen and oxygen atoms in total. The predicted molar refractivity (Wildman–Crippen MR) is 112 cm³/mol. The van der Waals surface area contributed by atoms with E-state index in [0.29, 0.717) is 24.9 Å². The quantitative estimate of drug-likeness (QED) is 0.265. The van der Waals surface area contributed by atoms with E-state index in [9.17, 15) is 14.5 Å². The molecular weight excluding hydrogens is 441 g/mol. The van der Waals surface area contributed by atoms with Gasteiger partial charge in [-0.15, -0.1) is 0 Å². The molecule has 0 aromatic carbocycles. The Hall–Kier alpha value is -1.09. The van der Waals surface area contributed by atoms with E-state index in [2.05, 4.69) is 15.9 Å². The van der Waals surface area contributed by atoms with Gasteiger partial charge in [-0.2, -0.15) is 5.26 Å². The number of nitriles is 1. The predicted octanol–water partition coefficient (Wildman–Crippen LogP) is -0.377. The number of phosphoric ester groups is 1. The summed E-state index contributed by atoms with van der Waals surface area (Å²) >= 11 is 0. The van der Waals surface area contributed by atoms with E-state index in [4.69, 9.17) is 25.3 Å². The van der Waals surface area contributed by atoms with Gasteiger partial charge in [-0.05, 0) is 63.2 Å². The molecule has 12 heteroatoms. The van der Waals surface area contributed by atoms with E-state index in [1.54, 1.807) is 4.90 Å².